The highest BCUT2D eigenvalue weighted by molar-refractivity contribution is 5.95. The Labute approximate surface area is 150 Å². The summed E-state index contributed by atoms with van der Waals surface area (Å²) in [5.41, 5.74) is 3.22. The molecule has 26 heavy (non-hydrogen) atoms. The van der Waals surface area contributed by atoms with Crippen molar-refractivity contribution >= 4 is 12.0 Å². The van der Waals surface area contributed by atoms with Crippen molar-refractivity contribution in [3.63, 3.8) is 0 Å². The highest BCUT2D eigenvalue weighted by atomic mass is 16.6. The molecule has 0 amide bonds. The predicted octanol–water partition coefficient (Wildman–Crippen LogP) is 3.56. The lowest BCUT2D eigenvalue weighted by Gasteiger charge is -2.16. The van der Waals surface area contributed by atoms with Gasteiger partial charge >= 0.3 is 5.97 Å². The van der Waals surface area contributed by atoms with E-state index in [0.717, 1.165) is 22.4 Å². The molecule has 0 atom stereocenters. The van der Waals surface area contributed by atoms with Crippen molar-refractivity contribution in [3.8, 4) is 17.1 Å². The highest BCUT2D eigenvalue weighted by Gasteiger charge is 2.19. The minimum absolute atomic E-state index is 0.0866. The number of ether oxygens (including phenoxy) is 2. The minimum atomic E-state index is -0.463. The van der Waals surface area contributed by atoms with Crippen molar-refractivity contribution in [2.45, 2.75) is 13.5 Å². The summed E-state index contributed by atoms with van der Waals surface area (Å²) in [6.45, 7) is 2.06. The smallest absolute Gasteiger partial charge is 0.338 e. The van der Waals surface area contributed by atoms with Gasteiger partial charge in [-0.2, -0.15) is 4.98 Å². The second-order valence-corrected chi connectivity index (χ2v) is 5.90. The Balaban J connectivity index is 1.43. The molecule has 0 saturated heterocycles. The zero-order valence-corrected chi connectivity index (χ0v) is 14.1. The van der Waals surface area contributed by atoms with Crippen LogP contribution in [0.15, 0.2) is 58.6 Å². The van der Waals surface area contributed by atoms with Gasteiger partial charge in [-0.25, -0.2) is 4.79 Å². The summed E-state index contributed by atoms with van der Waals surface area (Å²) < 4.78 is 16.0. The van der Waals surface area contributed by atoms with Gasteiger partial charge in [0.2, 0.25) is 5.82 Å². The molecule has 0 N–H and O–H groups in total. The Morgan fingerprint density at radius 3 is 2.85 bits per heavy atom. The molecule has 6 nitrogen and oxygen atoms in total. The molecule has 130 valence electrons. The summed E-state index contributed by atoms with van der Waals surface area (Å²) in [6, 6.07) is 15.3. The van der Waals surface area contributed by atoms with Gasteiger partial charge in [-0.1, -0.05) is 47.6 Å². The third-order valence-corrected chi connectivity index (χ3v) is 4.07. The van der Waals surface area contributed by atoms with Crippen LogP contribution in [0.1, 0.15) is 17.0 Å². The van der Waals surface area contributed by atoms with Crippen molar-refractivity contribution in [2.24, 2.45) is 0 Å². The molecule has 0 aliphatic carbocycles. The molecular weight excluding hydrogens is 332 g/mol. The molecule has 0 fully saturated rings. The van der Waals surface area contributed by atoms with E-state index >= 15 is 0 Å². The van der Waals surface area contributed by atoms with Crippen LogP contribution in [0.4, 0.5) is 0 Å². The van der Waals surface area contributed by atoms with E-state index in [2.05, 4.69) is 10.1 Å². The monoisotopic (exact) mass is 348 g/mol. The Morgan fingerprint density at radius 1 is 1.15 bits per heavy atom. The van der Waals surface area contributed by atoms with E-state index in [0.29, 0.717) is 11.4 Å². The standard InChI is InChI=1S/C20H16N2O4/c1-13-6-2-4-8-16(13)19-21-18(26-22-19)12-25-20(23)15-10-14-7-3-5-9-17(14)24-11-15/h2-10H,11-12H2,1H3. The molecule has 2 aromatic carbocycles. The number of carbonyl (C=O) groups is 1. The summed E-state index contributed by atoms with van der Waals surface area (Å²) in [5, 5.41) is 3.95. The van der Waals surface area contributed by atoms with Crippen molar-refractivity contribution in [2.75, 3.05) is 6.61 Å². The number of fused-ring (bicyclic) bond motifs is 1. The maximum Gasteiger partial charge on any atom is 0.338 e. The summed E-state index contributed by atoms with van der Waals surface area (Å²) in [6.07, 6.45) is 1.77. The van der Waals surface area contributed by atoms with Crippen LogP contribution in [-0.2, 0) is 16.1 Å². The van der Waals surface area contributed by atoms with Gasteiger partial charge in [0.15, 0.2) is 6.61 Å². The Morgan fingerprint density at radius 2 is 1.96 bits per heavy atom. The maximum absolute atomic E-state index is 12.3. The van der Waals surface area contributed by atoms with Crippen LogP contribution in [0.2, 0.25) is 0 Å². The van der Waals surface area contributed by atoms with Crippen LogP contribution >= 0.6 is 0 Å². The van der Waals surface area contributed by atoms with Gasteiger partial charge in [0.25, 0.3) is 5.89 Å². The molecule has 1 aromatic heterocycles. The number of rotatable bonds is 4. The third kappa shape index (κ3) is 3.21. The van der Waals surface area contributed by atoms with Gasteiger partial charge in [-0.05, 0) is 24.6 Å². The number of aryl methyl sites for hydroxylation is 1. The lowest BCUT2D eigenvalue weighted by molar-refractivity contribution is -0.141. The van der Waals surface area contributed by atoms with E-state index in [1.807, 2.05) is 55.5 Å². The quantitative estimate of drug-likeness (QED) is 0.671. The van der Waals surface area contributed by atoms with E-state index in [-0.39, 0.29) is 19.1 Å². The van der Waals surface area contributed by atoms with E-state index in [9.17, 15) is 4.79 Å². The second-order valence-electron chi connectivity index (χ2n) is 5.90. The summed E-state index contributed by atoms with van der Waals surface area (Å²) in [4.78, 5) is 16.5. The van der Waals surface area contributed by atoms with Gasteiger partial charge < -0.3 is 14.0 Å². The van der Waals surface area contributed by atoms with Crippen LogP contribution in [0.3, 0.4) is 0 Å². The van der Waals surface area contributed by atoms with Crippen molar-refractivity contribution in [3.05, 3.63) is 71.1 Å². The molecule has 1 aliphatic heterocycles. The fourth-order valence-electron chi connectivity index (χ4n) is 2.70. The van der Waals surface area contributed by atoms with Crippen molar-refractivity contribution in [1.29, 1.82) is 0 Å². The molecule has 0 spiro atoms. The zero-order chi connectivity index (χ0) is 17.9. The van der Waals surface area contributed by atoms with Crippen LogP contribution in [0.25, 0.3) is 17.5 Å². The lowest BCUT2D eigenvalue weighted by Crippen LogP contribution is -2.17. The third-order valence-electron chi connectivity index (χ3n) is 4.07. The minimum Gasteiger partial charge on any atom is -0.488 e. The number of nitrogens with zero attached hydrogens (tertiary/aromatic N) is 2. The molecule has 3 aromatic rings. The Hall–Kier alpha value is -3.41. The first kappa shape index (κ1) is 16.1. The molecule has 0 saturated carbocycles. The number of para-hydroxylation sites is 1. The number of hydrogen-bond donors (Lipinski definition) is 0. The average Bonchev–Trinajstić information content (AvgIpc) is 3.15. The molecular formula is C20H16N2O4. The van der Waals surface area contributed by atoms with Crippen LogP contribution in [0, 0.1) is 6.92 Å². The summed E-state index contributed by atoms with van der Waals surface area (Å²) in [7, 11) is 0. The van der Waals surface area contributed by atoms with E-state index < -0.39 is 5.97 Å². The maximum atomic E-state index is 12.3. The first-order valence-electron chi connectivity index (χ1n) is 8.19. The van der Waals surface area contributed by atoms with Gasteiger partial charge in [0.05, 0.1) is 5.57 Å². The zero-order valence-electron chi connectivity index (χ0n) is 14.1. The fraction of sp³-hybridized carbons (Fsp3) is 0.150. The van der Waals surface area contributed by atoms with Gasteiger partial charge in [-0.3, -0.25) is 0 Å². The first-order valence-corrected chi connectivity index (χ1v) is 8.19. The SMILES string of the molecule is Cc1ccccc1-c1noc(COC(=O)C2=Cc3ccccc3OC2)n1. The molecule has 4 rings (SSSR count). The number of benzene rings is 2. The van der Waals surface area contributed by atoms with E-state index in [1.165, 1.54) is 0 Å². The van der Waals surface area contributed by atoms with Crippen LogP contribution < -0.4 is 4.74 Å². The summed E-state index contributed by atoms with van der Waals surface area (Å²) >= 11 is 0. The van der Waals surface area contributed by atoms with Crippen LogP contribution in [-0.4, -0.2) is 22.7 Å². The number of hydrogen-bond acceptors (Lipinski definition) is 6. The lowest BCUT2D eigenvalue weighted by atomic mass is 10.1. The second kappa shape index (κ2) is 6.84. The molecule has 2 heterocycles. The molecule has 0 bridgehead atoms. The van der Waals surface area contributed by atoms with Gasteiger partial charge in [0.1, 0.15) is 12.4 Å². The van der Waals surface area contributed by atoms with E-state index in [4.69, 9.17) is 14.0 Å². The predicted molar refractivity (Wildman–Crippen MR) is 94.2 cm³/mol. The summed E-state index contributed by atoms with van der Waals surface area (Å²) in [5.74, 6) is 1.01. The molecule has 6 heteroatoms. The van der Waals surface area contributed by atoms with Crippen molar-refractivity contribution < 1.29 is 18.8 Å². The molecule has 0 unspecified atom stereocenters. The van der Waals surface area contributed by atoms with Crippen molar-refractivity contribution in [1.82, 2.24) is 10.1 Å². The molecule has 1 aliphatic rings. The average molecular weight is 348 g/mol. The fourth-order valence-corrected chi connectivity index (χ4v) is 2.70. The first-order chi connectivity index (χ1) is 12.7. The normalized spacial score (nSPS) is 12.7. The number of aromatic nitrogens is 2. The van der Waals surface area contributed by atoms with Gasteiger partial charge in [-0.15, -0.1) is 0 Å². The van der Waals surface area contributed by atoms with Gasteiger partial charge in [0, 0.05) is 11.1 Å². The number of esters is 1. The van der Waals surface area contributed by atoms with Crippen LogP contribution in [0.5, 0.6) is 5.75 Å². The Kier molecular flexibility index (Phi) is 4.23. The highest BCUT2D eigenvalue weighted by Crippen LogP contribution is 2.26. The molecule has 0 radical (unpaired) electrons. The Bertz CT molecular complexity index is 991. The number of carbonyl (C=O) groups excluding carboxylic acids is 1. The topological polar surface area (TPSA) is 74.5 Å². The largest absolute Gasteiger partial charge is 0.488 e. The van der Waals surface area contributed by atoms with E-state index in [1.54, 1.807) is 6.08 Å².